The van der Waals surface area contributed by atoms with Gasteiger partial charge < -0.3 is 16.0 Å². The molecule has 7 heteroatoms. The summed E-state index contributed by atoms with van der Waals surface area (Å²) in [4.78, 5) is 38.0. The van der Waals surface area contributed by atoms with Crippen molar-refractivity contribution >= 4 is 34.8 Å². The molecule has 0 aromatic heterocycles. The predicted molar refractivity (Wildman–Crippen MR) is 102 cm³/mol. The van der Waals surface area contributed by atoms with Gasteiger partial charge in [0, 0.05) is 35.7 Å². The number of hydrogen-bond donors (Lipinski definition) is 3. The van der Waals surface area contributed by atoms with Crippen molar-refractivity contribution in [2.45, 2.75) is 13.8 Å². The van der Waals surface area contributed by atoms with Crippen molar-refractivity contribution in [2.24, 2.45) is 0 Å². The van der Waals surface area contributed by atoms with E-state index in [4.69, 9.17) is 5.73 Å². The van der Waals surface area contributed by atoms with Gasteiger partial charge in [-0.05, 0) is 62.4 Å². The molecule has 3 amide bonds. The normalized spacial score (nSPS) is 10.1. The Hall–Kier alpha value is -3.35. The molecule has 0 atom stereocenters. The number of hydrogen-bond acceptors (Lipinski definition) is 5. The number of nitrogen functional groups attached to an aromatic ring is 1. The molecule has 2 aromatic rings. The topological polar surface area (TPSA) is 105 Å². The Bertz CT molecular complexity index is 781. The van der Waals surface area contributed by atoms with Crippen LogP contribution in [0.25, 0.3) is 0 Å². The quantitative estimate of drug-likeness (QED) is 0.563. The first-order chi connectivity index (χ1) is 12.4. The largest absolute Gasteiger partial charge is 0.399 e. The number of imide groups is 1. The van der Waals surface area contributed by atoms with Crippen molar-refractivity contribution in [2.75, 3.05) is 29.0 Å². The van der Waals surface area contributed by atoms with Gasteiger partial charge in [0.1, 0.15) is 0 Å². The summed E-state index contributed by atoms with van der Waals surface area (Å²) in [7, 11) is 0. The fraction of sp³-hybridized carbons (Fsp3) is 0.211. The van der Waals surface area contributed by atoms with E-state index in [-0.39, 0.29) is 5.56 Å². The Morgan fingerprint density at radius 1 is 0.885 bits per heavy atom. The van der Waals surface area contributed by atoms with Crippen LogP contribution in [0.2, 0.25) is 0 Å². The van der Waals surface area contributed by atoms with Crippen molar-refractivity contribution in [1.29, 1.82) is 0 Å². The van der Waals surface area contributed by atoms with Gasteiger partial charge in [-0.2, -0.15) is 0 Å². The van der Waals surface area contributed by atoms with Crippen LogP contribution < -0.4 is 21.3 Å². The minimum absolute atomic E-state index is 0.240. The number of nitrogens with zero attached hydrogens (tertiary/aromatic N) is 1. The van der Waals surface area contributed by atoms with Crippen LogP contribution in [-0.2, 0) is 9.59 Å². The lowest BCUT2D eigenvalue weighted by molar-refractivity contribution is -0.135. The molecule has 0 fully saturated rings. The Morgan fingerprint density at radius 3 is 2.00 bits per heavy atom. The van der Waals surface area contributed by atoms with Crippen LogP contribution in [0.5, 0.6) is 0 Å². The Morgan fingerprint density at radius 2 is 1.46 bits per heavy atom. The SMILES string of the molecule is CCN(CC)c1ccc(NC(=O)C(=O)NC(=O)c2ccc(N)cc2)cc1. The van der Waals surface area contributed by atoms with E-state index in [0.29, 0.717) is 11.4 Å². The smallest absolute Gasteiger partial charge is 0.316 e. The molecule has 26 heavy (non-hydrogen) atoms. The second kappa shape index (κ2) is 8.66. The molecule has 0 saturated heterocycles. The lowest BCUT2D eigenvalue weighted by atomic mass is 10.2. The zero-order valence-corrected chi connectivity index (χ0v) is 14.8. The number of rotatable bonds is 5. The van der Waals surface area contributed by atoms with E-state index in [9.17, 15) is 14.4 Å². The van der Waals surface area contributed by atoms with Crippen molar-refractivity contribution in [1.82, 2.24) is 5.32 Å². The van der Waals surface area contributed by atoms with Gasteiger partial charge >= 0.3 is 11.8 Å². The Kier molecular flexibility index (Phi) is 6.32. The van der Waals surface area contributed by atoms with E-state index in [1.54, 1.807) is 12.1 Å². The van der Waals surface area contributed by atoms with Crippen molar-refractivity contribution in [3.63, 3.8) is 0 Å². The van der Waals surface area contributed by atoms with Crippen molar-refractivity contribution in [3.8, 4) is 0 Å². The van der Waals surface area contributed by atoms with Gasteiger partial charge in [-0.15, -0.1) is 0 Å². The minimum Gasteiger partial charge on any atom is -0.399 e. The van der Waals surface area contributed by atoms with E-state index in [2.05, 4.69) is 24.1 Å². The molecule has 2 aromatic carbocycles. The van der Waals surface area contributed by atoms with E-state index in [0.717, 1.165) is 18.8 Å². The molecule has 4 N–H and O–H groups in total. The summed E-state index contributed by atoms with van der Waals surface area (Å²) in [5, 5.41) is 4.51. The summed E-state index contributed by atoms with van der Waals surface area (Å²) < 4.78 is 0. The number of carbonyl (C=O) groups is 3. The number of nitrogens with two attached hydrogens (primary N) is 1. The first-order valence-electron chi connectivity index (χ1n) is 8.31. The summed E-state index contributed by atoms with van der Waals surface area (Å²) in [5.74, 6) is -2.61. The maximum atomic E-state index is 12.0. The number of benzene rings is 2. The first-order valence-corrected chi connectivity index (χ1v) is 8.31. The van der Waals surface area contributed by atoms with Gasteiger partial charge in [0.25, 0.3) is 5.91 Å². The molecule has 0 aliphatic carbocycles. The van der Waals surface area contributed by atoms with Crippen LogP contribution in [0.3, 0.4) is 0 Å². The number of carbonyl (C=O) groups excluding carboxylic acids is 3. The molecule has 0 spiro atoms. The van der Waals surface area contributed by atoms with Gasteiger partial charge in [-0.1, -0.05) is 0 Å². The molecule has 7 nitrogen and oxygen atoms in total. The van der Waals surface area contributed by atoms with E-state index < -0.39 is 17.7 Å². The van der Waals surface area contributed by atoms with Gasteiger partial charge in [0.05, 0.1) is 0 Å². The zero-order chi connectivity index (χ0) is 19.1. The van der Waals surface area contributed by atoms with Crippen LogP contribution in [0, 0.1) is 0 Å². The van der Waals surface area contributed by atoms with Crippen LogP contribution in [0.4, 0.5) is 17.1 Å². The zero-order valence-electron chi connectivity index (χ0n) is 14.8. The Balaban J connectivity index is 1.95. The highest BCUT2D eigenvalue weighted by Gasteiger charge is 2.18. The fourth-order valence-corrected chi connectivity index (χ4v) is 2.40. The summed E-state index contributed by atoms with van der Waals surface area (Å²) in [6.45, 7) is 5.86. The van der Waals surface area contributed by atoms with Crippen LogP contribution in [0.15, 0.2) is 48.5 Å². The van der Waals surface area contributed by atoms with Gasteiger partial charge in [-0.3, -0.25) is 19.7 Å². The molecule has 0 aliphatic heterocycles. The lowest BCUT2D eigenvalue weighted by Gasteiger charge is -2.21. The maximum Gasteiger partial charge on any atom is 0.316 e. The third-order valence-corrected chi connectivity index (χ3v) is 3.86. The standard InChI is InChI=1S/C19H22N4O3/c1-3-23(4-2)16-11-9-15(10-12-16)21-18(25)19(26)22-17(24)13-5-7-14(20)8-6-13/h5-12H,3-4,20H2,1-2H3,(H,21,25)(H,22,24,26). The highest BCUT2D eigenvalue weighted by atomic mass is 16.2. The number of nitrogens with one attached hydrogen (secondary N) is 2. The monoisotopic (exact) mass is 354 g/mol. The molecular weight excluding hydrogens is 332 g/mol. The Labute approximate surface area is 152 Å². The molecular formula is C19H22N4O3. The summed E-state index contributed by atoms with van der Waals surface area (Å²) >= 11 is 0. The average molecular weight is 354 g/mol. The van der Waals surface area contributed by atoms with Crippen molar-refractivity contribution < 1.29 is 14.4 Å². The summed E-state index contributed by atoms with van der Waals surface area (Å²) in [5.41, 5.74) is 7.78. The molecule has 0 aliphatic rings. The lowest BCUT2D eigenvalue weighted by Crippen LogP contribution is -2.39. The molecule has 2 rings (SSSR count). The second-order valence-electron chi connectivity index (χ2n) is 5.58. The van der Waals surface area contributed by atoms with E-state index in [1.807, 2.05) is 17.4 Å². The highest BCUT2D eigenvalue weighted by Crippen LogP contribution is 2.17. The molecule has 136 valence electrons. The summed E-state index contributed by atoms with van der Waals surface area (Å²) in [6.07, 6.45) is 0. The highest BCUT2D eigenvalue weighted by molar-refractivity contribution is 6.42. The molecule has 0 bridgehead atoms. The summed E-state index contributed by atoms with van der Waals surface area (Å²) in [6, 6.07) is 13.2. The average Bonchev–Trinajstić information content (AvgIpc) is 2.64. The molecule has 0 saturated carbocycles. The second-order valence-corrected chi connectivity index (χ2v) is 5.58. The third kappa shape index (κ3) is 4.83. The van der Waals surface area contributed by atoms with Crippen LogP contribution >= 0.6 is 0 Å². The minimum atomic E-state index is -1.03. The number of amides is 3. The van der Waals surface area contributed by atoms with Gasteiger partial charge in [0.15, 0.2) is 0 Å². The number of anilines is 3. The van der Waals surface area contributed by atoms with Gasteiger partial charge in [0.2, 0.25) is 0 Å². The molecule has 0 heterocycles. The van der Waals surface area contributed by atoms with Crippen molar-refractivity contribution in [3.05, 3.63) is 54.1 Å². The van der Waals surface area contributed by atoms with E-state index >= 15 is 0 Å². The molecule has 0 unspecified atom stereocenters. The van der Waals surface area contributed by atoms with Crippen LogP contribution in [0.1, 0.15) is 24.2 Å². The fourth-order valence-electron chi connectivity index (χ4n) is 2.40. The van der Waals surface area contributed by atoms with Crippen LogP contribution in [-0.4, -0.2) is 30.8 Å². The third-order valence-electron chi connectivity index (χ3n) is 3.86. The van der Waals surface area contributed by atoms with E-state index in [1.165, 1.54) is 24.3 Å². The first kappa shape index (κ1) is 19.0. The van der Waals surface area contributed by atoms with Gasteiger partial charge in [-0.25, -0.2) is 0 Å². The molecule has 0 radical (unpaired) electrons. The maximum absolute atomic E-state index is 12.0. The predicted octanol–water partition coefficient (Wildman–Crippen LogP) is 2.01.